The molecule has 2 rings (SSSR count). The van der Waals surface area contributed by atoms with Gasteiger partial charge in [-0.2, -0.15) is 8.78 Å². The van der Waals surface area contributed by atoms with Crippen LogP contribution in [-0.4, -0.2) is 12.2 Å². The van der Waals surface area contributed by atoms with Crippen LogP contribution in [0.3, 0.4) is 0 Å². The summed E-state index contributed by atoms with van der Waals surface area (Å²) in [5.41, 5.74) is 6.79. The van der Waals surface area contributed by atoms with Gasteiger partial charge in [0.1, 0.15) is 5.75 Å². The second-order valence-electron chi connectivity index (χ2n) is 4.18. The van der Waals surface area contributed by atoms with Crippen LogP contribution >= 0.6 is 11.6 Å². The molecule has 1 fully saturated rings. The molecule has 2 N–H and O–H groups in total. The molecule has 5 heteroatoms. The molecule has 1 aliphatic carbocycles. The number of nitrogens with two attached hydrogens (primary N) is 1. The van der Waals surface area contributed by atoms with Crippen molar-refractivity contribution in [2.75, 3.05) is 0 Å². The Morgan fingerprint density at radius 1 is 1.44 bits per heavy atom. The van der Waals surface area contributed by atoms with E-state index >= 15 is 0 Å². The van der Waals surface area contributed by atoms with Crippen molar-refractivity contribution in [1.82, 2.24) is 0 Å². The number of ether oxygens (including phenoxy) is 1. The van der Waals surface area contributed by atoms with Gasteiger partial charge in [0, 0.05) is 5.54 Å². The minimum atomic E-state index is -2.85. The van der Waals surface area contributed by atoms with Gasteiger partial charge in [0.2, 0.25) is 0 Å². The van der Waals surface area contributed by atoms with E-state index < -0.39 is 6.61 Å². The van der Waals surface area contributed by atoms with Crippen molar-refractivity contribution in [1.29, 1.82) is 0 Å². The molecule has 0 radical (unpaired) electrons. The van der Waals surface area contributed by atoms with E-state index in [0.717, 1.165) is 24.8 Å². The normalized spacial score (nSPS) is 17.6. The molecule has 0 bridgehead atoms. The maximum Gasteiger partial charge on any atom is 0.387 e. The highest BCUT2D eigenvalue weighted by Crippen LogP contribution is 2.37. The quantitative estimate of drug-likeness (QED) is 0.888. The molecule has 0 aromatic heterocycles. The lowest BCUT2D eigenvalue weighted by molar-refractivity contribution is -0.0497. The third kappa shape index (κ3) is 2.83. The minimum Gasteiger partial charge on any atom is -0.433 e. The van der Waals surface area contributed by atoms with Gasteiger partial charge in [-0.05, 0) is 37.0 Å². The summed E-state index contributed by atoms with van der Waals surface area (Å²) < 4.78 is 28.2. The lowest BCUT2D eigenvalue weighted by Gasteiger charge is -2.11. The van der Waals surface area contributed by atoms with Gasteiger partial charge < -0.3 is 10.5 Å². The summed E-state index contributed by atoms with van der Waals surface area (Å²) in [5, 5.41) is 0.196. The Morgan fingerprint density at radius 2 is 2.12 bits per heavy atom. The fraction of sp³-hybridized carbons (Fsp3) is 0.455. The van der Waals surface area contributed by atoms with E-state index in [-0.39, 0.29) is 16.3 Å². The number of benzene rings is 1. The second kappa shape index (κ2) is 4.18. The first-order chi connectivity index (χ1) is 7.48. The summed E-state index contributed by atoms with van der Waals surface area (Å²) in [7, 11) is 0. The predicted octanol–water partition coefficient (Wildman–Crippen LogP) is 2.98. The number of halogens is 3. The Labute approximate surface area is 97.3 Å². The third-order valence-corrected chi connectivity index (χ3v) is 2.96. The largest absolute Gasteiger partial charge is 0.433 e. The zero-order valence-corrected chi connectivity index (χ0v) is 9.31. The molecular weight excluding hydrogens is 236 g/mol. The molecule has 0 unspecified atom stereocenters. The molecule has 0 atom stereocenters. The molecule has 0 saturated heterocycles. The molecule has 0 heterocycles. The summed E-state index contributed by atoms with van der Waals surface area (Å²) >= 11 is 5.82. The summed E-state index contributed by atoms with van der Waals surface area (Å²) in [6, 6.07) is 4.80. The van der Waals surface area contributed by atoms with E-state index in [4.69, 9.17) is 17.3 Å². The highest BCUT2D eigenvalue weighted by atomic mass is 35.5. The zero-order valence-electron chi connectivity index (χ0n) is 8.55. The summed E-state index contributed by atoms with van der Waals surface area (Å²) in [5.74, 6) is 0.00212. The van der Waals surface area contributed by atoms with Gasteiger partial charge in [0.25, 0.3) is 0 Å². The molecule has 16 heavy (non-hydrogen) atoms. The number of hydrogen-bond donors (Lipinski definition) is 1. The van der Waals surface area contributed by atoms with Gasteiger partial charge >= 0.3 is 6.61 Å². The van der Waals surface area contributed by atoms with E-state index in [9.17, 15) is 8.78 Å². The molecule has 2 nitrogen and oxygen atoms in total. The van der Waals surface area contributed by atoms with Crippen molar-refractivity contribution >= 4 is 11.6 Å². The van der Waals surface area contributed by atoms with Crippen molar-refractivity contribution in [3.05, 3.63) is 28.8 Å². The summed E-state index contributed by atoms with van der Waals surface area (Å²) in [6.07, 6.45) is 2.72. The van der Waals surface area contributed by atoms with Crippen molar-refractivity contribution in [3.63, 3.8) is 0 Å². The van der Waals surface area contributed by atoms with Crippen molar-refractivity contribution in [2.24, 2.45) is 5.73 Å². The van der Waals surface area contributed by atoms with Gasteiger partial charge in [0.15, 0.2) is 0 Å². The lowest BCUT2D eigenvalue weighted by Crippen LogP contribution is -2.24. The van der Waals surface area contributed by atoms with Crippen LogP contribution < -0.4 is 10.5 Å². The van der Waals surface area contributed by atoms with Gasteiger partial charge in [-0.3, -0.25) is 0 Å². The topological polar surface area (TPSA) is 35.2 Å². The average molecular weight is 248 g/mol. The first kappa shape index (κ1) is 11.6. The molecule has 0 amide bonds. The molecule has 1 aromatic carbocycles. The minimum absolute atomic E-state index is 0.00212. The van der Waals surface area contributed by atoms with Crippen molar-refractivity contribution < 1.29 is 13.5 Å². The lowest BCUT2D eigenvalue weighted by atomic mass is 10.1. The standard InChI is InChI=1S/C11H12ClF2NO/c12-8-5-7(6-11(15)3-4-11)1-2-9(8)16-10(13)14/h1-2,5,10H,3-4,6,15H2. The van der Waals surface area contributed by atoms with Gasteiger partial charge in [-0.15, -0.1) is 0 Å². The number of alkyl halides is 2. The highest BCUT2D eigenvalue weighted by molar-refractivity contribution is 6.32. The van der Waals surface area contributed by atoms with Crippen LogP contribution in [0, 0.1) is 0 Å². The molecule has 0 spiro atoms. The Kier molecular flexibility index (Phi) is 3.04. The predicted molar refractivity (Wildman–Crippen MR) is 57.9 cm³/mol. The van der Waals surface area contributed by atoms with Crippen LogP contribution in [0.4, 0.5) is 8.78 Å². The second-order valence-corrected chi connectivity index (χ2v) is 4.59. The third-order valence-electron chi connectivity index (χ3n) is 2.66. The number of hydrogen-bond acceptors (Lipinski definition) is 2. The molecule has 1 saturated carbocycles. The first-order valence-electron chi connectivity index (χ1n) is 5.01. The van der Waals surface area contributed by atoms with Gasteiger partial charge in [0.05, 0.1) is 5.02 Å². The Hall–Kier alpha value is -0.870. The molecular formula is C11H12ClF2NO. The van der Waals surface area contributed by atoms with E-state index in [1.807, 2.05) is 0 Å². The van der Waals surface area contributed by atoms with E-state index in [1.54, 1.807) is 12.1 Å². The summed E-state index contributed by atoms with van der Waals surface area (Å²) in [4.78, 5) is 0. The molecule has 88 valence electrons. The van der Waals surface area contributed by atoms with Crippen LogP contribution in [0.15, 0.2) is 18.2 Å². The highest BCUT2D eigenvalue weighted by Gasteiger charge is 2.37. The fourth-order valence-electron chi connectivity index (χ4n) is 1.59. The van der Waals surface area contributed by atoms with Crippen LogP contribution in [-0.2, 0) is 6.42 Å². The average Bonchev–Trinajstić information content (AvgIpc) is 2.88. The first-order valence-corrected chi connectivity index (χ1v) is 5.38. The summed E-state index contributed by atoms with van der Waals surface area (Å²) in [6.45, 7) is -2.85. The SMILES string of the molecule is NC1(Cc2ccc(OC(F)F)c(Cl)c2)CC1. The number of rotatable bonds is 4. The van der Waals surface area contributed by atoms with Crippen LogP contribution in [0.25, 0.3) is 0 Å². The van der Waals surface area contributed by atoms with E-state index in [0.29, 0.717) is 0 Å². The zero-order chi connectivity index (χ0) is 11.8. The van der Waals surface area contributed by atoms with E-state index in [2.05, 4.69) is 4.74 Å². The van der Waals surface area contributed by atoms with Gasteiger partial charge in [-0.1, -0.05) is 17.7 Å². The molecule has 0 aliphatic heterocycles. The smallest absolute Gasteiger partial charge is 0.387 e. The molecule has 1 aliphatic rings. The maximum absolute atomic E-state index is 12.0. The van der Waals surface area contributed by atoms with Crippen molar-refractivity contribution in [3.8, 4) is 5.75 Å². The fourth-order valence-corrected chi connectivity index (χ4v) is 1.84. The van der Waals surface area contributed by atoms with Crippen LogP contribution in [0.2, 0.25) is 5.02 Å². The van der Waals surface area contributed by atoms with Crippen LogP contribution in [0.1, 0.15) is 18.4 Å². The Morgan fingerprint density at radius 3 is 2.62 bits per heavy atom. The van der Waals surface area contributed by atoms with Crippen molar-refractivity contribution in [2.45, 2.75) is 31.4 Å². The Balaban J connectivity index is 2.09. The monoisotopic (exact) mass is 247 g/mol. The Bertz CT molecular complexity index is 394. The maximum atomic E-state index is 12.0. The van der Waals surface area contributed by atoms with Crippen LogP contribution in [0.5, 0.6) is 5.75 Å². The van der Waals surface area contributed by atoms with E-state index in [1.165, 1.54) is 6.07 Å². The molecule has 1 aromatic rings. The van der Waals surface area contributed by atoms with Gasteiger partial charge in [-0.25, -0.2) is 0 Å².